The second kappa shape index (κ2) is 11.1. The summed E-state index contributed by atoms with van der Waals surface area (Å²) >= 11 is 0. The fourth-order valence-electron chi connectivity index (χ4n) is 6.14. The van der Waals surface area contributed by atoms with Gasteiger partial charge in [-0.05, 0) is 49.2 Å². The van der Waals surface area contributed by atoms with Crippen LogP contribution in [0, 0.1) is 17.8 Å². The zero-order valence-corrected chi connectivity index (χ0v) is 25.8. The molecule has 0 N–H and O–H groups in total. The third-order valence-corrected chi connectivity index (χ3v) is 17.6. The first-order chi connectivity index (χ1) is 18.5. The van der Waals surface area contributed by atoms with Gasteiger partial charge in [0.2, 0.25) is 0 Å². The maximum absolute atomic E-state index is 15.4. The van der Waals surface area contributed by atoms with Gasteiger partial charge in [0.15, 0.2) is 8.32 Å². The molecule has 0 amide bonds. The fourth-order valence-corrected chi connectivity index (χ4v) is 10.6. The van der Waals surface area contributed by atoms with E-state index in [4.69, 9.17) is 13.9 Å². The molecule has 0 unspecified atom stereocenters. The topological polar surface area (TPSA) is 61.8 Å². The predicted molar refractivity (Wildman–Crippen MR) is 160 cm³/mol. The summed E-state index contributed by atoms with van der Waals surface area (Å²) in [5.41, 5.74) is -0.401. The Labute approximate surface area is 234 Å². The Morgan fingerprint density at radius 3 is 2.10 bits per heavy atom. The van der Waals surface area contributed by atoms with Crippen LogP contribution in [-0.2, 0) is 23.3 Å². The van der Waals surface area contributed by atoms with Crippen molar-refractivity contribution < 1.29 is 23.3 Å². The molecule has 1 aliphatic heterocycles. The van der Waals surface area contributed by atoms with Crippen molar-refractivity contribution in [2.24, 2.45) is 17.8 Å². The molecule has 1 saturated carbocycles. The van der Waals surface area contributed by atoms with Crippen molar-refractivity contribution in [2.45, 2.75) is 76.0 Å². The van der Waals surface area contributed by atoms with Crippen LogP contribution in [0.1, 0.15) is 40.0 Å². The normalized spacial score (nSPS) is 28.9. The van der Waals surface area contributed by atoms with E-state index in [1.165, 1.54) is 0 Å². The lowest BCUT2D eigenvalue weighted by molar-refractivity contribution is -0.171. The Balaban J connectivity index is 1.51. The summed E-state index contributed by atoms with van der Waals surface area (Å²) in [4.78, 5) is 13.7. The third kappa shape index (κ3) is 5.63. The minimum Gasteiger partial charge on any atom is -0.458 e. The smallest absolute Gasteiger partial charge is 0.309 e. The zero-order valence-electron chi connectivity index (χ0n) is 23.9. The highest BCUT2D eigenvalue weighted by Gasteiger charge is 2.51. The second-order valence-corrected chi connectivity index (χ2v) is 20.8. The highest BCUT2D eigenvalue weighted by molar-refractivity contribution is 7.79. The van der Waals surface area contributed by atoms with Gasteiger partial charge in [-0.3, -0.25) is 4.79 Å². The molecule has 3 aliphatic rings. The van der Waals surface area contributed by atoms with Crippen molar-refractivity contribution in [2.75, 3.05) is 13.2 Å². The van der Waals surface area contributed by atoms with Gasteiger partial charge in [-0.15, -0.1) is 0 Å². The number of ether oxygens (including phenoxy) is 2. The molecule has 5 nitrogen and oxygen atoms in total. The van der Waals surface area contributed by atoms with Crippen LogP contribution >= 0.6 is 7.14 Å². The molecule has 2 fully saturated rings. The second-order valence-electron chi connectivity index (χ2n) is 13.0. The van der Waals surface area contributed by atoms with Gasteiger partial charge in [-0.1, -0.05) is 93.6 Å². The molecule has 1 heterocycles. The first-order valence-corrected chi connectivity index (χ1v) is 19.0. The highest BCUT2D eigenvalue weighted by atomic mass is 31.2. The van der Waals surface area contributed by atoms with Crippen LogP contribution in [0.25, 0.3) is 0 Å². The summed E-state index contributed by atoms with van der Waals surface area (Å²) in [6, 6.07) is 19.4. The predicted octanol–water partition coefficient (Wildman–Crippen LogP) is 6.30. The molecular formula is C32H43O5PSi. The Hall–Kier alpha value is -1.98. The average Bonchev–Trinajstić information content (AvgIpc) is 3.57. The molecular weight excluding hydrogens is 523 g/mol. The van der Waals surface area contributed by atoms with E-state index in [0.29, 0.717) is 25.6 Å². The van der Waals surface area contributed by atoms with E-state index in [0.717, 1.165) is 23.5 Å². The van der Waals surface area contributed by atoms with E-state index in [9.17, 15) is 4.79 Å². The van der Waals surface area contributed by atoms with Crippen molar-refractivity contribution in [3.8, 4) is 0 Å². The molecule has 1 saturated heterocycles. The SMILES string of the molecule is CC(C)(C)[Si](C)(C)OC[C@H]1OCC[C@H](P(=O)(c2ccccc2)c2ccccc2)[C@@H]1OC(=O)[C@H]1C[C@H]2C=C[C@@H]1C2. The lowest BCUT2D eigenvalue weighted by atomic mass is 9.93. The minimum absolute atomic E-state index is 0.0338. The Bertz CT molecular complexity index is 1180. The average molecular weight is 567 g/mol. The Morgan fingerprint density at radius 1 is 0.974 bits per heavy atom. The molecule has 2 bridgehead atoms. The molecule has 0 radical (unpaired) electrons. The zero-order chi connectivity index (χ0) is 27.8. The van der Waals surface area contributed by atoms with Crippen LogP contribution in [-0.4, -0.2) is 45.4 Å². The fraction of sp³-hybridized carbons (Fsp3) is 0.531. The van der Waals surface area contributed by atoms with E-state index in [1.807, 2.05) is 60.7 Å². The van der Waals surface area contributed by atoms with E-state index in [-0.39, 0.29) is 22.8 Å². The van der Waals surface area contributed by atoms with Crippen LogP contribution < -0.4 is 10.6 Å². The molecule has 39 heavy (non-hydrogen) atoms. The maximum atomic E-state index is 15.4. The number of rotatable bonds is 8. The number of benzene rings is 2. The molecule has 210 valence electrons. The van der Waals surface area contributed by atoms with E-state index in [2.05, 4.69) is 46.0 Å². The number of fused-ring (bicyclic) bond motifs is 2. The van der Waals surface area contributed by atoms with Crippen LogP contribution in [0.4, 0.5) is 0 Å². The molecule has 0 spiro atoms. The number of carbonyl (C=O) groups excluding carboxylic acids is 1. The number of hydrogen-bond donors (Lipinski definition) is 0. The summed E-state index contributed by atoms with van der Waals surface area (Å²) in [6.07, 6.45) is 5.67. The molecule has 2 aromatic carbocycles. The van der Waals surface area contributed by atoms with Crippen molar-refractivity contribution in [3.63, 3.8) is 0 Å². The van der Waals surface area contributed by atoms with Gasteiger partial charge in [-0.25, -0.2) is 0 Å². The number of carbonyl (C=O) groups is 1. The molecule has 2 aliphatic carbocycles. The Morgan fingerprint density at radius 2 is 1.59 bits per heavy atom. The number of esters is 1. The van der Waals surface area contributed by atoms with Crippen molar-refractivity contribution in [3.05, 3.63) is 72.8 Å². The number of allylic oxidation sites excluding steroid dienone is 2. The van der Waals surface area contributed by atoms with E-state index >= 15 is 4.57 Å². The van der Waals surface area contributed by atoms with Crippen molar-refractivity contribution in [1.29, 1.82) is 0 Å². The third-order valence-electron chi connectivity index (χ3n) is 9.49. The molecule has 6 atom stereocenters. The van der Waals surface area contributed by atoms with Gasteiger partial charge >= 0.3 is 5.97 Å². The quantitative estimate of drug-likeness (QED) is 0.162. The first kappa shape index (κ1) is 28.5. The summed E-state index contributed by atoms with van der Waals surface area (Å²) in [5, 5.41) is 1.61. The largest absolute Gasteiger partial charge is 0.458 e. The molecule has 7 heteroatoms. The maximum Gasteiger partial charge on any atom is 0.309 e. The standard InChI is InChI=1S/C32H43O5PSi/c1-32(2,3)39(4,5)36-22-28-30(37-31(33)27-21-23-16-17-24(27)20-23)29(18-19-35-28)38(34,25-12-8-6-9-13-25)26-14-10-7-11-15-26/h6-17,23-24,27-30H,18-22H2,1-5H3/t23-,24+,27-,28+,29-,30+/m0/s1. The van der Waals surface area contributed by atoms with Gasteiger partial charge in [0.05, 0.1) is 18.2 Å². The van der Waals surface area contributed by atoms with Crippen LogP contribution in [0.3, 0.4) is 0 Å². The summed E-state index contributed by atoms with van der Waals surface area (Å²) in [7, 11) is -5.30. The lowest BCUT2D eigenvalue weighted by Gasteiger charge is -2.43. The van der Waals surface area contributed by atoms with E-state index < -0.39 is 33.3 Å². The van der Waals surface area contributed by atoms with Gasteiger partial charge < -0.3 is 18.5 Å². The van der Waals surface area contributed by atoms with Crippen LogP contribution in [0.15, 0.2) is 72.8 Å². The van der Waals surface area contributed by atoms with Crippen LogP contribution in [0.2, 0.25) is 18.1 Å². The van der Waals surface area contributed by atoms with Crippen LogP contribution in [0.5, 0.6) is 0 Å². The Kier molecular flexibility index (Phi) is 8.14. The molecule has 5 rings (SSSR count). The summed E-state index contributed by atoms with van der Waals surface area (Å²) in [5.74, 6) is 0.376. The van der Waals surface area contributed by atoms with Crippen molar-refractivity contribution in [1.82, 2.24) is 0 Å². The van der Waals surface area contributed by atoms with Gasteiger partial charge in [0.1, 0.15) is 19.3 Å². The number of hydrogen-bond acceptors (Lipinski definition) is 5. The first-order valence-electron chi connectivity index (χ1n) is 14.4. The van der Waals surface area contributed by atoms with Gasteiger partial charge in [0, 0.05) is 17.2 Å². The van der Waals surface area contributed by atoms with Gasteiger partial charge in [0.25, 0.3) is 0 Å². The monoisotopic (exact) mass is 566 g/mol. The highest BCUT2D eigenvalue weighted by Crippen LogP contribution is 2.54. The van der Waals surface area contributed by atoms with Gasteiger partial charge in [-0.2, -0.15) is 0 Å². The lowest BCUT2D eigenvalue weighted by Crippen LogP contribution is -2.53. The summed E-state index contributed by atoms with van der Waals surface area (Å²) in [6.45, 7) is 11.8. The van der Waals surface area contributed by atoms with Crippen molar-refractivity contribution >= 4 is 32.0 Å². The summed E-state index contributed by atoms with van der Waals surface area (Å²) < 4.78 is 34.8. The molecule has 2 aromatic rings. The minimum atomic E-state index is -3.21. The van der Waals surface area contributed by atoms with E-state index in [1.54, 1.807) is 0 Å². The molecule has 0 aromatic heterocycles.